The first kappa shape index (κ1) is 20.9. The van der Waals surface area contributed by atoms with Crippen LogP contribution in [0.15, 0.2) is 66.1 Å². The van der Waals surface area contributed by atoms with E-state index in [0.717, 1.165) is 23.5 Å². The number of methoxy groups -OCH3 is 1. The molecular weight excluding hydrogens is 388 g/mol. The first-order valence-corrected chi connectivity index (χ1v) is 9.42. The maximum absolute atomic E-state index is 13.1. The number of anilines is 1. The van der Waals surface area contributed by atoms with E-state index >= 15 is 0 Å². The monoisotopic (exact) mass is 406 g/mol. The van der Waals surface area contributed by atoms with Gasteiger partial charge in [0.1, 0.15) is 18.9 Å². The summed E-state index contributed by atoms with van der Waals surface area (Å²) in [6, 6.07) is 10.8. The summed E-state index contributed by atoms with van der Waals surface area (Å²) in [5.74, 6) is -0.362. The Kier molecular flexibility index (Phi) is 6.72. The number of rotatable bonds is 9. The van der Waals surface area contributed by atoms with Crippen LogP contribution in [0.4, 0.5) is 11.4 Å². The summed E-state index contributed by atoms with van der Waals surface area (Å²) >= 11 is 0. The van der Waals surface area contributed by atoms with Crippen molar-refractivity contribution < 1.29 is 27.6 Å². The summed E-state index contributed by atoms with van der Waals surface area (Å²) in [5.41, 5.74) is -0.474. The number of nitro groups is 1. The van der Waals surface area contributed by atoms with Gasteiger partial charge in [-0.15, -0.1) is 0 Å². The van der Waals surface area contributed by atoms with Crippen molar-refractivity contribution in [1.29, 1.82) is 0 Å². The SMILES string of the molecule is C=CCOc1ccc(N(CC(=O)OC)S(=O)(=O)c2ccccc2[N+](=O)[O-])cc1. The van der Waals surface area contributed by atoms with Crippen molar-refractivity contribution in [3.63, 3.8) is 0 Å². The van der Waals surface area contributed by atoms with Gasteiger partial charge in [0, 0.05) is 6.07 Å². The predicted molar refractivity (Wildman–Crippen MR) is 102 cm³/mol. The first-order chi connectivity index (χ1) is 13.3. The molecule has 2 aromatic rings. The van der Waals surface area contributed by atoms with Crippen LogP contribution < -0.4 is 9.04 Å². The van der Waals surface area contributed by atoms with Crippen LogP contribution in [0.25, 0.3) is 0 Å². The molecule has 0 fully saturated rings. The highest BCUT2D eigenvalue weighted by molar-refractivity contribution is 7.93. The Morgan fingerprint density at radius 2 is 1.86 bits per heavy atom. The molecule has 0 aliphatic rings. The summed E-state index contributed by atoms with van der Waals surface area (Å²) in [5, 5.41) is 11.3. The first-order valence-electron chi connectivity index (χ1n) is 7.98. The largest absolute Gasteiger partial charge is 0.490 e. The van der Waals surface area contributed by atoms with Crippen molar-refractivity contribution in [2.24, 2.45) is 0 Å². The molecule has 0 saturated heterocycles. The molecule has 10 heteroatoms. The third-order valence-electron chi connectivity index (χ3n) is 3.62. The second-order valence-electron chi connectivity index (χ2n) is 5.41. The molecule has 0 bridgehead atoms. The Labute approximate surface area is 162 Å². The number of para-hydroxylation sites is 1. The fourth-order valence-corrected chi connectivity index (χ4v) is 3.87. The van der Waals surface area contributed by atoms with Gasteiger partial charge in [-0.25, -0.2) is 8.42 Å². The fraction of sp³-hybridized carbons (Fsp3) is 0.167. The molecule has 0 aromatic heterocycles. The Balaban J connectivity index is 2.52. The van der Waals surface area contributed by atoms with E-state index in [2.05, 4.69) is 11.3 Å². The molecule has 0 heterocycles. The van der Waals surface area contributed by atoms with Gasteiger partial charge in [0.2, 0.25) is 0 Å². The molecule has 0 spiro atoms. The molecule has 0 radical (unpaired) electrons. The topological polar surface area (TPSA) is 116 Å². The number of hydrogen-bond donors (Lipinski definition) is 0. The predicted octanol–water partition coefficient (Wildman–Crippen LogP) is 2.53. The minimum atomic E-state index is -4.43. The van der Waals surface area contributed by atoms with Crippen molar-refractivity contribution >= 4 is 27.4 Å². The zero-order chi connectivity index (χ0) is 20.7. The lowest BCUT2D eigenvalue weighted by molar-refractivity contribution is -0.387. The van der Waals surface area contributed by atoms with Crippen LogP contribution in [0.2, 0.25) is 0 Å². The number of ether oxygens (including phenoxy) is 2. The fourth-order valence-electron chi connectivity index (χ4n) is 2.31. The average molecular weight is 406 g/mol. The Hall–Kier alpha value is -3.40. The van der Waals surface area contributed by atoms with Gasteiger partial charge in [-0.1, -0.05) is 24.8 Å². The lowest BCUT2D eigenvalue weighted by atomic mass is 10.3. The Morgan fingerprint density at radius 3 is 2.43 bits per heavy atom. The van der Waals surface area contributed by atoms with Crippen molar-refractivity contribution in [2.45, 2.75) is 4.90 Å². The van der Waals surface area contributed by atoms with Crippen LogP contribution in [-0.2, 0) is 19.6 Å². The molecule has 0 unspecified atom stereocenters. The van der Waals surface area contributed by atoms with Crippen LogP contribution >= 0.6 is 0 Å². The number of carbonyl (C=O) groups is 1. The standard InChI is InChI=1S/C18H18N2O7S/c1-3-12-27-15-10-8-14(9-11-15)19(13-18(21)26-2)28(24,25)17-7-5-4-6-16(17)20(22)23/h3-11H,1,12-13H2,2H3. The van der Waals surface area contributed by atoms with Gasteiger partial charge in [-0.2, -0.15) is 0 Å². The summed E-state index contributed by atoms with van der Waals surface area (Å²) < 4.78 is 36.9. The van der Waals surface area contributed by atoms with Crippen molar-refractivity contribution in [3.8, 4) is 5.75 Å². The van der Waals surface area contributed by atoms with Crippen LogP contribution in [0, 0.1) is 10.1 Å². The molecule has 148 valence electrons. The molecule has 0 aliphatic heterocycles. The van der Waals surface area contributed by atoms with E-state index in [9.17, 15) is 23.3 Å². The number of benzene rings is 2. The number of nitrogens with zero attached hydrogens (tertiary/aromatic N) is 2. The zero-order valence-electron chi connectivity index (χ0n) is 15.0. The minimum Gasteiger partial charge on any atom is -0.490 e. The molecule has 2 aromatic carbocycles. The zero-order valence-corrected chi connectivity index (χ0v) is 15.8. The lowest BCUT2D eigenvalue weighted by Crippen LogP contribution is -2.36. The van der Waals surface area contributed by atoms with Gasteiger partial charge in [-0.05, 0) is 30.3 Å². The molecule has 0 aliphatic carbocycles. The van der Waals surface area contributed by atoms with Gasteiger partial charge in [0.05, 0.1) is 17.7 Å². The molecule has 0 amide bonds. The van der Waals surface area contributed by atoms with Crippen molar-refractivity contribution in [2.75, 3.05) is 24.6 Å². The lowest BCUT2D eigenvalue weighted by Gasteiger charge is -2.23. The summed E-state index contributed by atoms with van der Waals surface area (Å²) in [7, 11) is -3.32. The highest BCUT2D eigenvalue weighted by atomic mass is 32.2. The number of nitro benzene ring substituents is 1. The van der Waals surface area contributed by atoms with E-state index in [1.54, 1.807) is 6.08 Å². The number of carbonyl (C=O) groups excluding carboxylic acids is 1. The number of hydrogen-bond acceptors (Lipinski definition) is 7. The number of sulfonamides is 1. The highest BCUT2D eigenvalue weighted by Gasteiger charge is 2.33. The van der Waals surface area contributed by atoms with Crippen LogP contribution in [0.3, 0.4) is 0 Å². The average Bonchev–Trinajstić information content (AvgIpc) is 2.70. The number of esters is 1. The molecule has 0 saturated carbocycles. The smallest absolute Gasteiger partial charge is 0.326 e. The van der Waals surface area contributed by atoms with Gasteiger partial charge >= 0.3 is 5.97 Å². The highest BCUT2D eigenvalue weighted by Crippen LogP contribution is 2.30. The second-order valence-corrected chi connectivity index (χ2v) is 7.24. The molecule has 28 heavy (non-hydrogen) atoms. The molecule has 0 atom stereocenters. The summed E-state index contributed by atoms with van der Waals surface area (Å²) in [6.07, 6.45) is 1.55. The van der Waals surface area contributed by atoms with E-state index in [1.165, 1.54) is 36.4 Å². The van der Waals surface area contributed by atoms with E-state index in [-0.39, 0.29) is 12.3 Å². The van der Waals surface area contributed by atoms with Gasteiger partial charge in [0.15, 0.2) is 4.90 Å². The van der Waals surface area contributed by atoms with Crippen LogP contribution in [0.5, 0.6) is 5.75 Å². The molecule has 0 N–H and O–H groups in total. The Bertz CT molecular complexity index is 972. The molecular formula is C18H18N2O7S. The maximum Gasteiger partial charge on any atom is 0.326 e. The van der Waals surface area contributed by atoms with Gasteiger partial charge in [-0.3, -0.25) is 19.2 Å². The van der Waals surface area contributed by atoms with Gasteiger partial charge < -0.3 is 9.47 Å². The normalized spacial score (nSPS) is 10.8. The van der Waals surface area contributed by atoms with E-state index in [4.69, 9.17) is 4.74 Å². The van der Waals surface area contributed by atoms with Crippen LogP contribution in [0.1, 0.15) is 0 Å². The van der Waals surface area contributed by atoms with Crippen molar-refractivity contribution in [1.82, 2.24) is 0 Å². The van der Waals surface area contributed by atoms with E-state index in [0.29, 0.717) is 5.75 Å². The summed E-state index contributed by atoms with van der Waals surface area (Å²) in [6.45, 7) is 3.14. The van der Waals surface area contributed by atoms with Crippen molar-refractivity contribution in [3.05, 3.63) is 71.3 Å². The van der Waals surface area contributed by atoms with E-state index < -0.39 is 38.0 Å². The van der Waals surface area contributed by atoms with Gasteiger partial charge in [0.25, 0.3) is 15.7 Å². The summed E-state index contributed by atoms with van der Waals surface area (Å²) in [4.78, 5) is 21.7. The van der Waals surface area contributed by atoms with E-state index in [1.807, 2.05) is 0 Å². The second kappa shape index (κ2) is 9.00. The maximum atomic E-state index is 13.1. The van der Waals surface area contributed by atoms with Crippen LogP contribution in [-0.4, -0.2) is 39.6 Å². The third kappa shape index (κ3) is 4.65. The Morgan fingerprint density at radius 1 is 1.21 bits per heavy atom. The third-order valence-corrected chi connectivity index (χ3v) is 5.44. The molecule has 9 nitrogen and oxygen atoms in total. The molecule has 2 rings (SSSR count). The minimum absolute atomic E-state index is 0.120. The quantitative estimate of drug-likeness (QED) is 0.272.